The monoisotopic (exact) mass is 888 g/mol. The van der Waals surface area contributed by atoms with Gasteiger partial charge in [0.2, 0.25) is 0 Å². The van der Waals surface area contributed by atoms with Gasteiger partial charge in [0.25, 0.3) is 5.70 Å². The molecule has 2 aromatic carbocycles. The van der Waals surface area contributed by atoms with E-state index in [1.165, 1.54) is 37.8 Å². The zero-order chi connectivity index (χ0) is 43.7. The van der Waals surface area contributed by atoms with Gasteiger partial charge in [0.1, 0.15) is 17.7 Å². The van der Waals surface area contributed by atoms with E-state index in [-0.39, 0.29) is 61.2 Å². The molecule has 0 aliphatic heterocycles. The summed E-state index contributed by atoms with van der Waals surface area (Å²) in [5.41, 5.74) is 3.22. The molecule has 63 heavy (non-hydrogen) atoms. The third-order valence-corrected chi connectivity index (χ3v) is 17.6. The topological polar surface area (TPSA) is 110 Å². The van der Waals surface area contributed by atoms with Crippen molar-refractivity contribution in [3.8, 4) is 28.0 Å². The first-order chi connectivity index (χ1) is 30.5. The lowest BCUT2D eigenvalue weighted by molar-refractivity contribution is 0.103. The number of Topliss-reactive ketones (excluding diaryl/α,β-unsaturated/α-hetero) is 2. The molecule has 11 rings (SSSR count). The molecule has 6 aliphatic rings. The van der Waals surface area contributed by atoms with Crippen LogP contribution < -0.4 is 0 Å². The average molecular weight is 889 g/mol. The van der Waals surface area contributed by atoms with Gasteiger partial charge in [-0.3, -0.25) is 9.59 Å². The van der Waals surface area contributed by atoms with Crippen molar-refractivity contribution in [3.63, 3.8) is 0 Å². The van der Waals surface area contributed by atoms with Crippen molar-refractivity contribution >= 4 is 78.3 Å². The molecule has 0 saturated heterocycles. The maximum Gasteiger partial charge on any atom is 0.270 e. The number of fused-ring (bicyclic) bond motifs is 12. The number of hydrogen-bond acceptors (Lipinski definition) is 8. The lowest BCUT2D eigenvalue weighted by Crippen LogP contribution is -2.35. The summed E-state index contributed by atoms with van der Waals surface area (Å²) >= 11 is 4.96. The Morgan fingerprint density at radius 3 is 1.75 bits per heavy atom. The maximum absolute atomic E-state index is 14.7. The molecule has 0 amide bonds. The number of ketones is 2. The molecular weight excluding hydrogens is 861 g/mol. The second kappa shape index (κ2) is 14.0. The standard InChI is InChI=1S/C50H28F4N4O2S3/c1-58-36(22-57)40-27-17-33(52)35(54)19-29(27)45(60)31(40)14-25-15-38-46(61-25)43-48(63-38)47-42(50(43)10-6-3-7-11-50)41-37(62-47)13-24(49(41)8-4-2-5-9-49)12-30-39(23(20-55)21-56)26-16-32(51)34(53)18-28(26)44(30)59/h12-19H,2-11H2/b30-12-,31-14+,40-36?. The van der Waals surface area contributed by atoms with Crippen molar-refractivity contribution in [2.75, 3.05) is 0 Å². The fraction of sp³-hybridized carbons (Fsp3) is 0.240. The highest BCUT2D eigenvalue weighted by atomic mass is 32.1. The second-order valence-corrected chi connectivity index (χ2v) is 20.1. The Labute approximate surface area is 370 Å². The molecule has 0 radical (unpaired) electrons. The zero-order valence-electron chi connectivity index (χ0n) is 33.0. The highest BCUT2D eigenvalue weighted by Crippen LogP contribution is 2.69. The molecule has 13 heteroatoms. The van der Waals surface area contributed by atoms with Gasteiger partial charge in [-0.25, -0.2) is 27.7 Å². The maximum atomic E-state index is 14.7. The van der Waals surface area contributed by atoms with Gasteiger partial charge in [0.05, 0.1) is 22.2 Å². The molecule has 6 nitrogen and oxygen atoms in total. The molecule has 6 aliphatic carbocycles. The van der Waals surface area contributed by atoms with Gasteiger partial charge in [-0.15, -0.1) is 34.0 Å². The molecule has 2 spiro atoms. The molecule has 0 unspecified atom stereocenters. The van der Waals surface area contributed by atoms with Crippen molar-refractivity contribution in [1.29, 1.82) is 15.8 Å². The molecule has 5 aromatic rings. The minimum Gasteiger partial charge on any atom is -0.289 e. The quantitative estimate of drug-likeness (QED) is 0.0759. The normalized spacial score (nSPS) is 20.6. The van der Waals surface area contributed by atoms with Gasteiger partial charge >= 0.3 is 0 Å². The lowest BCUT2D eigenvalue weighted by atomic mass is 9.61. The van der Waals surface area contributed by atoms with Crippen molar-refractivity contribution in [2.24, 2.45) is 0 Å². The third-order valence-electron chi connectivity index (χ3n) is 13.9. The number of nitriles is 3. The van der Waals surface area contributed by atoms with Crippen LogP contribution in [0.15, 0.2) is 64.4 Å². The summed E-state index contributed by atoms with van der Waals surface area (Å²) < 4.78 is 60.3. The SMILES string of the molecule is [C-]#[N+]C(C#N)=C1/C(=C\c2cc3sc4c(c3s2)C2(CCCCC2)c2c-4sc3c2C2(CCCCC2)C(/C=C2\C(=O)c4cc(F)c(F)cc4C2=C(C#N)C#N)=C3)C(=O)c2cc(F)c(F)cc21. The smallest absolute Gasteiger partial charge is 0.270 e. The van der Waals surface area contributed by atoms with Crippen molar-refractivity contribution < 1.29 is 27.2 Å². The lowest BCUT2D eigenvalue weighted by Gasteiger charge is -2.42. The van der Waals surface area contributed by atoms with Crippen molar-refractivity contribution in [3.05, 3.63) is 148 Å². The summed E-state index contributed by atoms with van der Waals surface area (Å²) in [5.74, 6) is -5.88. The van der Waals surface area contributed by atoms with Gasteiger partial charge in [-0.2, -0.15) is 10.5 Å². The van der Waals surface area contributed by atoms with Crippen LogP contribution in [0.4, 0.5) is 17.6 Å². The Bertz CT molecular complexity index is 3350. The van der Waals surface area contributed by atoms with E-state index in [4.69, 9.17) is 6.57 Å². The fourth-order valence-electron chi connectivity index (χ4n) is 11.4. The average Bonchev–Trinajstić information content (AvgIpc) is 4.13. The fourth-order valence-corrected chi connectivity index (χ4v) is 15.7. The number of halogens is 4. The summed E-state index contributed by atoms with van der Waals surface area (Å²) in [6, 6.07) is 11.1. The number of hydrogen-bond donors (Lipinski definition) is 0. The van der Waals surface area contributed by atoms with Gasteiger partial charge < -0.3 is 0 Å². The molecular formula is C50H28F4N4O2S3. The number of rotatable bonds is 2. The Morgan fingerprint density at radius 2 is 1.17 bits per heavy atom. The molecule has 0 bridgehead atoms. The number of benzene rings is 2. The molecule has 2 saturated carbocycles. The highest BCUT2D eigenvalue weighted by Gasteiger charge is 2.55. The Hall–Kier alpha value is -6.48. The molecule has 3 aromatic heterocycles. The zero-order valence-corrected chi connectivity index (χ0v) is 35.5. The Balaban J connectivity index is 1.07. The first kappa shape index (κ1) is 39.4. The second-order valence-electron chi connectivity index (χ2n) is 16.9. The summed E-state index contributed by atoms with van der Waals surface area (Å²) in [5, 5.41) is 29.9. The van der Waals surface area contributed by atoms with Crippen LogP contribution in [-0.4, -0.2) is 11.6 Å². The minimum atomic E-state index is -1.19. The predicted octanol–water partition coefficient (Wildman–Crippen LogP) is 13.5. The van der Waals surface area contributed by atoms with Gasteiger partial charge in [-0.1, -0.05) is 38.5 Å². The van der Waals surface area contributed by atoms with Crippen LogP contribution >= 0.6 is 34.0 Å². The van der Waals surface area contributed by atoms with Crippen LogP contribution in [-0.2, 0) is 10.8 Å². The molecule has 2 fully saturated rings. The van der Waals surface area contributed by atoms with Gasteiger partial charge in [0, 0.05) is 69.1 Å². The molecule has 3 heterocycles. The van der Waals surface area contributed by atoms with Crippen LogP contribution in [0.2, 0.25) is 0 Å². The van der Waals surface area contributed by atoms with E-state index < -0.39 is 40.3 Å². The summed E-state index contributed by atoms with van der Waals surface area (Å²) in [6.45, 7) is 7.66. The van der Waals surface area contributed by atoms with Crippen LogP contribution in [0.1, 0.15) is 122 Å². The summed E-state index contributed by atoms with van der Waals surface area (Å²) in [6.07, 6.45) is 15.1. The molecule has 306 valence electrons. The van der Waals surface area contributed by atoms with E-state index in [1.807, 2.05) is 24.3 Å². The predicted molar refractivity (Wildman–Crippen MR) is 234 cm³/mol. The summed E-state index contributed by atoms with van der Waals surface area (Å²) in [7, 11) is 0. The largest absolute Gasteiger partial charge is 0.289 e. The Kier molecular flexibility index (Phi) is 8.76. The number of carbonyl (C=O) groups excluding carboxylic acids is 2. The molecule has 0 N–H and O–H groups in total. The number of nitrogens with zero attached hydrogens (tertiary/aromatic N) is 4. The number of thiophene rings is 3. The van der Waals surface area contributed by atoms with Crippen molar-refractivity contribution in [1.82, 2.24) is 0 Å². The van der Waals surface area contributed by atoms with E-state index in [2.05, 4.69) is 10.9 Å². The van der Waals surface area contributed by atoms with E-state index in [1.54, 1.807) is 34.8 Å². The molecule has 0 atom stereocenters. The van der Waals surface area contributed by atoms with E-state index in [9.17, 15) is 42.9 Å². The first-order valence-electron chi connectivity index (χ1n) is 20.5. The van der Waals surface area contributed by atoms with Crippen LogP contribution in [0.25, 0.3) is 47.3 Å². The van der Waals surface area contributed by atoms with Crippen molar-refractivity contribution in [2.45, 2.75) is 75.0 Å². The number of carbonyl (C=O) groups is 2. The van der Waals surface area contributed by atoms with Crippen LogP contribution in [0.5, 0.6) is 0 Å². The van der Waals surface area contributed by atoms with E-state index in [0.29, 0.717) is 4.88 Å². The summed E-state index contributed by atoms with van der Waals surface area (Å²) in [4.78, 5) is 35.5. The third kappa shape index (κ3) is 5.28. The minimum absolute atomic E-state index is 0.00692. The van der Waals surface area contributed by atoms with Gasteiger partial charge in [0.15, 0.2) is 34.8 Å². The van der Waals surface area contributed by atoms with Gasteiger partial charge in [-0.05, 0) is 102 Å². The van der Waals surface area contributed by atoms with Crippen LogP contribution in [0.3, 0.4) is 0 Å². The number of allylic oxidation sites excluding steroid dienone is 8. The van der Waals surface area contributed by atoms with E-state index >= 15 is 0 Å². The first-order valence-corrected chi connectivity index (χ1v) is 23.0. The van der Waals surface area contributed by atoms with E-state index in [0.717, 1.165) is 108 Å². The van der Waals surface area contributed by atoms with Crippen LogP contribution in [0, 0.1) is 63.8 Å². The highest BCUT2D eigenvalue weighted by molar-refractivity contribution is 7.32. The Morgan fingerprint density at radius 1 is 0.635 bits per heavy atom.